The number of carbonyl (C=O) groups is 1. The summed E-state index contributed by atoms with van der Waals surface area (Å²) < 4.78 is 1.86. The minimum atomic E-state index is -0.505. The largest absolute Gasteiger partial charge is 0.319 e. The van der Waals surface area contributed by atoms with E-state index in [2.05, 4.69) is 15.5 Å². The van der Waals surface area contributed by atoms with Gasteiger partial charge in [-0.15, -0.1) is 21.5 Å². The summed E-state index contributed by atoms with van der Waals surface area (Å²) in [6.07, 6.45) is 0.684. The molecule has 140 valence electrons. The van der Waals surface area contributed by atoms with E-state index in [0.29, 0.717) is 17.1 Å². The van der Waals surface area contributed by atoms with Crippen LogP contribution < -0.4 is 5.32 Å². The van der Waals surface area contributed by atoms with Crippen LogP contribution in [-0.4, -0.2) is 31.3 Å². The molecule has 0 fully saturated rings. The number of carbonyl (C=O) groups excluding carboxylic acids is 1. The second kappa shape index (κ2) is 8.31. The summed E-state index contributed by atoms with van der Waals surface area (Å²) in [5.74, 6) is 0.561. The Labute approximate surface area is 163 Å². The molecule has 1 aromatic carbocycles. The minimum Gasteiger partial charge on any atom is -0.319 e. The maximum atomic E-state index is 12.3. The monoisotopic (exact) mass is 403 g/mol. The smallest absolute Gasteiger partial charge is 0.293 e. The lowest BCUT2D eigenvalue weighted by Crippen LogP contribution is -2.16. The average Bonchev–Trinajstić information content (AvgIpc) is 3.26. The van der Waals surface area contributed by atoms with E-state index in [1.165, 1.54) is 22.7 Å². The average molecular weight is 403 g/mol. The van der Waals surface area contributed by atoms with Gasteiger partial charge < -0.3 is 9.88 Å². The number of nitro groups is 1. The maximum absolute atomic E-state index is 12.3. The van der Waals surface area contributed by atoms with Crippen molar-refractivity contribution in [3.05, 3.63) is 62.1 Å². The molecule has 1 N–H and O–H groups in total. The Bertz CT molecular complexity index is 969. The molecule has 0 spiro atoms. The second-order valence-corrected chi connectivity index (χ2v) is 7.75. The lowest BCUT2D eigenvalue weighted by molar-refractivity contribution is -0.384. The Morgan fingerprint density at radius 3 is 2.85 bits per heavy atom. The fraction of sp³-hybridized carbons (Fsp3) is 0.235. The zero-order valence-electron chi connectivity index (χ0n) is 14.7. The van der Waals surface area contributed by atoms with E-state index < -0.39 is 4.92 Å². The molecule has 10 heteroatoms. The van der Waals surface area contributed by atoms with Crippen molar-refractivity contribution < 1.29 is 9.72 Å². The minimum absolute atomic E-state index is 0.0798. The number of nitro benzene ring substituents is 1. The van der Waals surface area contributed by atoms with Crippen LogP contribution >= 0.6 is 23.1 Å². The standard InChI is InChI=1S/C17H17N5O3S2/c1-11-5-3-7-13(22(24)25)16(11)18-15(23)10-27-17-20-19-14(21(17)2)9-12-6-4-8-26-12/h3-8H,9-10H2,1-2H3,(H,18,23). The molecular formula is C17H17N5O3S2. The first-order valence-corrected chi connectivity index (χ1v) is 9.89. The molecule has 3 rings (SSSR count). The van der Waals surface area contributed by atoms with Gasteiger partial charge >= 0.3 is 0 Å². The number of thiophene rings is 1. The molecule has 0 radical (unpaired) electrons. The van der Waals surface area contributed by atoms with Crippen molar-refractivity contribution in [1.82, 2.24) is 14.8 Å². The number of rotatable bonds is 7. The highest BCUT2D eigenvalue weighted by atomic mass is 32.2. The number of nitrogens with one attached hydrogen (secondary N) is 1. The van der Waals surface area contributed by atoms with Crippen molar-refractivity contribution in [2.75, 3.05) is 11.1 Å². The number of anilines is 1. The van der Waals surface area contributed by atoms with E-state index in [0.717, 1.165) is 5.82 Å². The molecule has 0 aliphatic carbocycles. The summed E-state index contributed by atoms with van der Waals surface area (Å²) in [5.41, 5.74) is 0.745. The number of para-hydroxylation sites is 1. The van der Waals surface area contributed by atoms with Crippen molar-refractivity contribution in [2.24, 2.45) is 7.05 Å². The molecule has 1 amide bonds. The molecule has 0 saturated carbocycles. The van der Waals surface area contributed by atoms with Crippen molar-refractivity contribution in [3.8, 4) is 0 Å². The molecule has 0 unspecified atom stereocenters. The van der Waals surface area contributed by atoms with Gasteiger partial charge in [0.05, 0.1) is 10.7 Å². The number of benzene rings is 1. The fourth-order valence-corrected chi connectivity index (χ4v) is 3.90. The van der Waals surface area contributed by atoms with Crippen molar-refractivity contribution in [1.29, 1.82) is 0 Å². The van der Waals surface area contributed by atoms with E-state index >= 15 is 0 Å². The van der Waals surface area contributed by atoms with Crippen LogP contribution in [0.25, 0.3) is 0 Å². The molecule has 0 saturated heterocycles. The Morgan fingerprint density at radius 2 is 2.15 bits per heavy atom. The topological polar surface area (TPSA) is 103 Å². The lowest BCUT2D eigenvalue weighted by atomic mass is 10.1. The summed E-state index contributed by atoms with van der Waals surface area (Å²) in [4.78, 5) is 24.1. The van der Waals surface area contributed by atoms with Gasteiger partial charge in [0, 0.05) is 24.4 Å². The summed E-state index contributed by atoms with van der Waals surface area (Å²) >= 11 is 2.89. The summed E-state index contributed by atoms with van der Waals surface area (Å²) in [7, 11) is 1.86. The van der Waals surface area contributed by atoms with Crippen LogP contribution in [-0.2, 0) is 18.3 Å². The second-order valence-electron chi connectivity index (χ2n) is 5.78. The van der Waals surface area contributed by atoms with Crippen LogP contribution in [0.4, 0.5) is 11.4 Å². The molecule has 3 aromatic rings. The summed E-state index contributed by atoms with van der Waals surface area (Å²) in [6.45, 7) is 1.72. The summed E-state index contributed by atoms with van der Waals surface area (Å²) in [6, 6.07) is 8.70. The Hall–Kier alpha value is -2.72. The number of nitrogens with zero attached hydrogens (tertiary/aromatic N) is 4. The Balaban J connectivity index is 1.64. The third-order valence-corrected chi connectivity index (χ3v) is 5.78. The van der Waals surface area contributed by atoms with E-state index in [1.807, 2.05) is 29.1 Å². The predicted molar refractivity (Wildman–Crippen MR) is 105 cm³/mol. The van der Waals surface area contributed by atoms with Gasteiger partial charge in [0.15, 0.2) is 5.16 Å². The fourth-order valence-electron chi connectivity index (χ4n) is 2.47. The van der Waals surface area contributed by atoms with Crippen molar-refractivity contribution >= 4 is 40.4 Å². The normalized spacial score (nSPS) is 10.7. The van der Waals surface area contributed by atoms with Gasteiger partial charge in [-0.25, -0.2) is 0 Å². The van der Waals surface area contributed by atoms with E-state index in [4.69, 9.17) is 0 Å². The third-order valence-electron chi connectivity index (χ3n) is 3.88. The molecule has 8 nitrogen and oxygen atoms in total. The van der Waals surface area contributed by atoms with Gasteiger partial charge in [-0.05, 0) is 23.9 Å². The third kappa shape index (κ3) is 4.52. The zero-order chi connectivity index (χ0) is 19.4. The zero-order valence-corrected chi connectivity index (χ0v) is 16.3. The Kier molecular flexibility index (Phi) is 5.87. The van der Waals surface area contributed by atoms with Gasteiger partial charge in [-0.1, -0.05) is 30.0 Å². The molecule has 0 aliphatic rings. The highest BCUT2D eigenvalue weighted by molar-refractivity contribution is 7.99. The van der Waals surface area contributed by atoms with E-state index in [9.17, 15) is 14.9 Å². The predicted octanol–water partition coefficient (Wildman–Crippen LogP) is 3.41. The molecule has 0 aliphatic heterocycles. The Morgan fingerprint density at radius 1 is 1.33 bits per heavy atom. The van der Waals surface area contributed by atoms with E-state index in [-0.39, 0.29) is 23.0 Å². The number of aryl methyl sites for hydroxylation is 1. The number of hydrogen-bond donors (Lipinski definition) is 1. The van der Waals surface area contributed by atoms with Crippen LogP contribution in [0.15, 0.2) is 40.9 Å². The molecular weight excluding hydrogens is 386 g/mol. The van der Waals surface area contributed by atoms with Crippen LogP contribution in [0.1, 0.15) is 16.3 Å². The maximum Gasteiger partial charge on any atom is 0.293 e. The molecule has 2 heterocycles. The van der Waals surface area contributed by atoms with Gasteiger partial charge in [0.2, 0.25) is 5.91 Å². The SMILES string of the molecule is Cc1cccc([N+](=O)[O-])c1NC(=O)CSc1nnc(Cc2cccs2)n1C. The van der Waals surface area contributed by atoms with Gasteiger partial charge in [0.25, 0.3) is 5.69 Å². The first-order valence-electron chi connectivity index (χ1n) is 8.03. The van der Waals surface area contributed by atoms with Crippen LogP contribution in [0.5, 0.6) is 0 Å². The molecule has 0 bridgehead atoms. The molecule has 2 aromatic heterocycles. The quantitative estimate of drug-likeness (QED) is 0.368. The molecule has 0 atom stereocenters. The number of thioether (sulfide) groups is 1. The van der Waals surface area contributed by atoms with Gasteiger partial charge in [0.1, 0.15) is 11.5 Å². The first kappa shape index (κ1) is 19.1. The number of amides is 1. The summed E-state index contributed by atoms with van der Waals surface area (Å²) in [5, 5.41) is 24.7. The van der Waals surface area contributed by atoms with Crippen molar-refractivity contribution in [2.45, 2.75) is 18.5 Å². The molecule has 27 heavy (non-hydrogen) atoms. The lowest BCUT2D eigenvalue weighted by Gasteiger charge is -2.08. The van der Waals surface area contributed by atoms with Crippen LogP contribution in [0, 0.1) is 17.0 Å². The number of hydrogen-bond acceptors (Lipinski definition) is 7. The van der Waals surface area contributed by atoms with Gasteiger partial charge in [-0.2, -0.15) is 0 Å². The highest BCUT2D eigenvalue weighted by Gasteiger charge is 2.18. The van der Waals surface area contributed by atoms with E-state index in [1.54, 1.807) is 30.4 Å². The van der Waals surface area contributed by atoms with Crippen LogP contribution in [0.3, 0.4) is 0 Å². The highest BCUT2D eigenvalue weighted by Crippen LogP contribution is 2.28. The van der Waals surface area contributed by atoms with Crippen molar-refractivity contribution in [3.63, 3.8) is 0 Å². The first-order chi connectivity index (χ1) is 13.0. The number of aromatic nitrogens is 3. The van der Waals surface area contributed by atoms with Gasteiger partial charge in [-0.3, -0.25) is 14.9 Å². The van der Waals surface area contributed by atoms with Crippen LogP contribution in [0.2, 0.25) is 0 Å².